The molecule has 10 nitrogen and oxygen atoms in total. The van der Waals surface area contributed by atoms with Crippen LogP contribution in [0.15, 0.2) is 30.9 Å². The minimum atomic E-state index is -0.712. The van der Waals surface area contributed by atoms with E-state index < -0.39 is 10.8 Å². The lowest BCUT2D eigenvalue weighted by Gasteiger charge is -2.07. The molecule has 0 bridgehead atoms. The Hall–Kier alpha value is -3.27. The normalized spacial score (nSPS) is 10.6. The molecule has 0 spiro atoms. The number of benzene rings is 1. The third kappa shape index (κ3) is 2.82. The number of rotatable bonds is 4. The highest BCUT2D eigenvalue weighted by Crippen LogP contribution is 2.25. The second kappa shape index (κ2) is 6.08. The van der Waals surface area contributed by atoms with Crippen molar-refractivity contribution >= 4 is 28.9 Å². The van der Waals surface area contributed by atoms with Crippen LogP contribution in [0.1, 0.15) is 16.2 Å². The molecular formula is C13H10ClN7O3. The number of nitrogens with zero attached hydrogens (tertiary/aromatic N) is 5. The summed E-state index contributed by atoms with van der Waals surface area (Å²) < 4.78 is 1.47. The van der Waals surface area contributed by atoms with E-state index in [4.69, 9.17) is 11.6 Å². The number of aromatic amines is 1. The molecule has 122 valence electrons. The summed E-state index contributed by atoms with van der Waals surface area (Å²) in [6.07, 6.45) is 2.85. The van der Waals surface area contributed by atoms with E-state index in [0.717, 1.165) is 0 Å². The van der Waals surface area contributed by atoms with Gasteiger partial charge in [-0.05, 0) is 25.1 Å². The first-order valence-electron chi connectivity index (χ1n) is 6.62. The van der Waals surface area contributed by atoms with Crippen molar-refractivity contribution in [2.75, 3.05) is 5.32 Å². The van der Waals surface area contributed by atoms with Crippen molar-refractivity contribution in [1.82, 2.24) is 25.0 Å². The van der Waals surface area contributed by atoms with Crippen molar-refractivity contribution in [3.8, 4) is 5.69 Å². The molecular weight excluding hydrogens is 338 g/mol. The zero-order chi connectivity index (χ0) is 17.3. The van der Waals surface area contributed by atoms with E-state index in [1.165, 1.54) is 30.3 Å². The molecule has 1 aromatic carbocycles. The topological polar surface area (TPSA) is 132 Å². The quantitative estimate of drug-likeness (QED) is 0.548. The fraction of sp³-hybridized carbons (Fsp3) is 0.0769. The highest BCUT2D eigenvalue weighted by atomic mass is 35.5. The Morgan fingerprint density at radius 2 is 2.25 bits per heavy atom. The van der Waals surface area contributed by atoms with Crippen molar-refractivity contribution in [3.05, 3.63) is 57.4 Å². The Morgan fingerprint density at radius 3 is 2.88 bits per heavy atom. The molecule has 2 N–H and O–H groups in total. The number of halogens is 1. The summed E-state index contributed by atoms with van der Waals surface area (Å²) in [6.45, 7) is 1.46. The summed E-state index contributed by atoms with van der Waals surface area (Å²) in [7, 11) is 0. The van der Waals surface area contributed by atoms with Crippen LogP contribution in [0.3, 0.4) is 0 Å². The molecule has 2 aromatic heterocycles. The molecule has 0 radical (unpaired) electrons. The lowest BCUT2D eigenvalue weighted by molar-refractivity contribution is -0.385. The van der Waals surface area contributed by atoms with E-state index >= 15 is 0 Å². The Balaban J connectivity index is 1.85. The Morgan fingerprint density at radius 1 is 1.46 bits per heavy atom. The Kier molecular flexibility index (Phi) is 3.96. The maximum Gasteiger partial charge on any atom is 0.322 e. The smallest absolute Gasteiger partial charge is 0.320 e. The third-order valence-electron chi connectivity index (χ3n) is 3.18. The van der Waals surface area contributed by atoms with Crippen LogP contribution < -0.4 is 5.32 Å². The first-order valence-corrected chi connectivity index (χ1v) is 7.00. The number of aryl methyl sites for hydroxylation is 1. The lowest BCUT2D eigenvalue weighted by atomic mass is 10.2. The van der Waals surface area contributed by atoms with Crippen LogP contribution in [0, 0.1) is 17.0 Å². The van der Waals surface area contributed by atoms with Crippen molar-refractivity contribution in [2.45, 2.75) is 6.92 Å². The van der Waals surface area contributed by atoms with Crippen LogP contribution in [0.5, 0.6) is 0 Å². The Labute approximate surface area is 139 Å². The van der Waals surface area contributed by atoms with E-state index in [2.05, 4.69) is 25.6 Å². The van der Waals surface area contributed by atoms with Gasteiger partial charge in [0.05, 0.1) is 15.6 Å². The van der Waals surface area contributed by atoms with E-state index in [9.17, 15) is 14.9 Å². The third-order valence-corrected chi connectivity index (χ3v) is 3.49. The number of carbonyl (C=O) groups excluding carboxylic acids is 1. The number of aromatic nitrogens is 5. The van der Waals surface area contributed by atoms with Crippen LogP contribution in [0.4, 0.5) is 11.4 Å². The number of carbonyl (C=O) groups is 1. The SMILES string of the molecule is Cc1[nH]nc(C(=O)Nc2ccc(-n3cncn3)c(Cl)c2)c1[N+](=O)[O-]. The number of anilines is 1. The van der Waals surface area contributed by atoms with Crippen molar-refractivity contribution < 1.29 is 9.72 Å². The maximum absolute atomic E-state index is 12.2. The summed E-state index contributed by atoms with van der Waals surface area (Å²) in [4.78, 5) is 26.4. The molecule has 1 amide bonds. The molecule has 0 atom stereocenters. The largest absolute Gasteiger partial charge is 0.322 e. The van der Waals surface area contributed by atoms with Crippen LogP contribution in [-0.4, -0.2) is 35.8 Å². The first-order chi connectivity index (χ1) is 11.5. The molecule has 0 saturated heterocycles. The summed E-state index contributed by atoms with van der Waals surface area (Å²) in [5, 5.41) is 23.9. The predicted octanol–water partition coefficient (Wildman–Crippen LogP) is 2.11. The first kappa shape index (κ1) is 15.6. The molecule has 2 heterocycles. The summed E-state index contributed by atoms with van der Waals surface area (Å²) in [5.74, 6) is -0.712. The minimum Gasteiger partial charge on any atom is -0.320 e. The highest BCUT2D eigenvalue weighted by Gasteiger charge is 2.27. The average molecular weight is 348 g/mol. The van der Waals surface area contributed by atoms with Gasteiger partial charge in [-0.1, -0.05) is 11.6 Å². The lowest BCUT2D eigenvalue weighted by Crippen LogP contribution is -2.14. The zero-order valence-corrected chi connectivity index (χ0v) is 13.0. The van der Waals surface area contributed by atoms with E-state index in [1.807, 2.05) is 0 Å². The second-order valence-electron chi connectivity index (χ2n) is 4.76. The van der Waals surface area contributed by atoms with Crippen LogP contribution >= 0.6 is 11.6 Å². The standard InChI is InChI=1S/C13H10ClN7O3/c1-7-12(21(23)24)11(19-18-7)13(22)17-8-2-3-10(9(14)4-8)20-6-15-5-16-20/h2-6H,1H3,(H,17,22)(H,18,19). The van der Waals surface area contributed by atoms with Crippen molar-refractivity contribution in [3.63, 3.8) is 0 Å². The molecule has 0 fully saturated rings. The molecule has 0 aliphatic carbocycles. The molecule has 0 aliphatic heterocycles. The van der Waals surface area contributed by atoms with Gasteiger partial charge in [0.1, 0.15) is 18.3 Å². The maximum atomic E-state index is 12.2. The van der Waals surface area contributed by atoms with Gasteiger partial charge in [-0.15, -0.1) is 0 Å². The molecule has 11 heteroatoms. The molecule has 0 aliphatic rings. The highest BCUT2D eigenvalue weighted by molar-refractivity contribution is 6.32. The summed E-state index contributed by atoms with van der Waals surface area (Å²) in [6, 6.07) is 4.73. The molecule has 3 aromatic rings. The summed E-state index contributed by atoms with van der Waals surface area (Å²) in [5.41, 5.74) is 0.481. The fourth-order valence-electron chi connectivity index (χ4n) is 2.10. The number of nitro groups is 1. The van der Waals surface area contributed by atoms with E-state index in [0.29, 0.717) is 16.4 Å². The van der Waals surface area contributed by atoms with Crippen LogP contribution in [0.25, 0.3) is 5.69 Å². The Bertz CT molecular complexity index is 920. The molecule has 0 unspecified atom stereocenters. The van der Waals surface area contributed by atoms with Crippen molar-refractivity contribution in [1.29, 1.82) is 0 Å². The van der Waals surface area contributed by atoms with Crippen LogP contribution in [-0.2, 0) is 0 Å². The average Bonchev–Trinajstić information content (AvgIpc) is 3.16. The molecule has 3 rings (SSSR count). The second-order valence-corrected chi connectivity index (χ2v) is 5.17. The molecule has 0 saturated carbocycles. The van der Waals surface area contributed by atoms with E-state index in [-0.39, 0.29) is 17.1 Å². The van der Waals surface area contributed by atoms with Gasteiger partial charge in [-0.2, -0.15) is 10.2 Å². The van der Waals surface area contributed by atoms with Gasteiger partial charge in [0.25, 0.3) is 5.91 Å². The van der Waals surface area contributed by atoms with Gasteiger partial charge in [0.2, 0.25) is 5.69 Å². The van der Waals surface area contributed by atoms with Gasteiger partial charge in [0, 0.05) is 5.69 Å². The van der Waals surface area contributed by atoms with Crippen molar-refractivity contribution in [2.24, 2.45) is 0 Å². The van der Waals surface area contributed by atoms with E-state index in [1.54, 1.807) is 12.1 Å². The van der Waals surface area contributed by atoms with Gasteiger partial charge in [-0.25, -0.2) is 9.67 Å². The number of H-pyrrole nitrogens is 1. The number of amides is 1. The molecule has 24 heavy (non-hydrogen) atoms. The predicted molar refractivity (Wildman–Crippen MR) is 84.3 cm³/mol. The van der Waals surface area contributed by atoms with Gasteiger partial charge < -0.3 is 5.32 Å². The van der Waals surface area contributed by atoms with Gasteiger partial charge in [0.15, 0.2) is 0 Å². The summed E-state index contributed by atoms with van der Waals surface area (Å²) >= 11 is 6.17. The van der Waals surface area contributed by atoms with Gasteiger partial charge in [-0.3, -0.25) is 20.0 Å². The number of hydrogen-bond acceptors (Lipinski definition) is 6. The number of nitrogens with one attached hydrogen (secondary N) is 2. The monoisotopic (exact) mass is 347 g/mol. The number of hydrogen-bond donors (Lipinski definition) is 2. The minimum absolute atomic E-state index is 0.199. The van der Waals surface area contributed by atoms with Crippen LogP contribution in [0.2, 0.25) is 5.02 Å². The zero-order valence-electron chi connectivity index (χ0n) is 12.2. The van der Waals surface area contributed by atoms with Gasteiger partial charge >= 0.3 is 5.69 Å². The fourth-order valence-corrected chi connectivity index (χ4v) is 2.37.